The molecule has 0 atom stereocenters. The Bertz CT molecular complexity index is 628. The van der Waals surface area contributed by atoms with Crippen molar-refractivity contribution in [3.63, 3.8) is 0 Å². The lowest BCUT2D eigenvalue weighted by atomic mass is 10.1. The van der Waals surface area contributed by atoms with E-state index in [2.05, 4.69) is 48.4 Å². The first-order valence-corrected chi connectivity index (χ1v) is 9.82. The summed E-state index contributed by atoms with van der Waals surface area (Å²) in [5, 5.41) is 11.9. The Hall–Kier alpha value is -1.05. The molecule has 4 nitrogen and oxygen atoms in total. The summed E-state index contributed by atoms with van der Waals surface area (Å²) in [5.74, 6) is 1.22. The SMILES string of the molecule is Cc1ccccc1CSCC(=O)Nc1nnc(SC(C)C)s1. The summed E-state index contributed by atoms with van der Waals surface area (Å²) in [4.78, 5) is 11.9. The predicted octanol–water partition coefficient (Wildman–Crippen LogP) is 4.22. The van der Waals surface area contributed by atoms with Crippen LogP contribution < -0.4 is 5.32 Å². The molecule has 1 heterocycles. The van der Waals surface area contributed by atoms with Gasteiger partial charge in [-0.2, -0.15) is 0 Å². The van der Waals surface area contributed by atoms with Crippen LogP contribution in [0.15, 0.2) is 28.6 Å². The molecule has 0 aliphatic rings. The quantitative estimate of drug-likeness (QED) is 0.596. The second-order valence-corrected chi connectivity index (χ2v) is 8.79. The Balaban J connectivity index is 1.76. The minimum absolute atomic E-state index is 0.0316. The first kappa shape index (κ1) is 17.3. The molecule has 7 heteroatoms. The molecule has 2 aromatic rings. The van der Waals surface area contributed by atoms with Gasteiger partial charge in [0, 0.05) is 11.0 Å². The van der Waals surface area contributed by atoms with Crippen molar-refractivity contribution in [2.75, 3.05) is 11.1 Å². The summed E-state index contributed by atoms with van der Waals surface area (Å²) in [6, 6.07) is 8.24. The maximum atomic E-state index is 11.9. The predicted molar refractivity (Wildman–Crippen MR) is 96.9 cm³/mol. The van der Waals surface area contributed by atoms with Crippen LogP contribution in [0, 0.1) is 6.92 Å². The van der Waals surface area contributed by atoms with E-state index >= 15 is 0 Å². The summed E-state index contributed by atoms with van der Waals surface area (Å²) in [6.45, 7) is 6.30. The monoisotopic (exact) mass is 353 g/mol. The molecule has 1 amide bonds. The van der Waals surface area contributed by atoms with Gasteiger partial charge in [0.15, 0.2) is 4.34 Å². The minimum atomic E-state index is -0.0316. The van der Waals surface area contributed by atoms with Gasteiger partial charge in [-0.05, 0) is 18.1 Å². The fraction of sp³-hybridized carbons (Fsp3) is 0.400. The highest BCUT2D eigenvalue weighted by Crippen LogP contribution is 2.28. The van der Waals surface area contributed by atoms with Gasteiger partial charge in [-0.1, -0.05) is 61.2 Å². The molecule has 0 saturated carbocycles. The number of amides is 1. The zero-order chi connectivity index (χ0) is 15.9. The standard InChI is InChI=1S/C15H19N3OS3/c1-10(2)21-15-18-17-14(22-15)16-13(19)9-20-8-12-7-5-4-6-11(12)3/h4-7,10H,8-9H2,1-3H3,(H,16,17,19). The molecule has 1 aromatic carbocycles. The number of carbonyl (C=O) groups excluding carboxylic acids is 1. The lowest BCUT2D eigenvalue weighted by molar-refractivity contribution is -0.113. The van der Waals surface area contributed by atoms with Crippen LogP contribution >= 0.6 is 34.9 Å². The van der Waals surface area contributed by atoms with Crippen molar-refractivity contribution in [1.29, 1.82) is 0 Å². The maximum Gasteiger partial charge on any atom is 0.236 e. The van der Waals surface area contributed by atoms with E-state index in [4.69, 9.17) is 0 Å². The van der Waals surface area contributed by atoms with Crippen LogP contribution in [0.2, 0.25) is 0 Å². The molecule has 0 unspecified atom stereocenters. The highest BCUT2D eigenvalue weighted by molar-refractivity contribution is 8.01. The minimum Gasteiger partial charge on any atom is -0.300 e. The van der Waals surface area contributed by atoms with Crippen LogP contribution in [0.25, 0.3) is 0 Å². The Kier molecular flexibility index (Phi) is 6.72. The molecule has 1 aromatic heterocycles. The van der Waals surface area contributed by atoms with E-state index in [1.807, 2.05) is 12.1 Å². The molecule has 0 bridgehead atoms. The number of benzene rings is 1. The average molecular weight is 354 g/mol. The van der Waals surface area contributed by atoms with Gasteiger partial charge < -0.3 is 0 Å². The first-order valence-electron chi connectivity index (χ1n) is 6.97. The Morgan fingerprint density at radius 2 is 2.09 bits per heavy atom. The van der Waals surface area contributed by atoms with Crippen molar-refractivity contribution in [3.8, 4) is 0 Å². The van der Waals surface area contributed by atoms with Crippen molar-refractivity contribution in [2.24, 2.45) is 0 Å². The van der Waals surface area contributed by atoms with E-state index in [-0.39, 0.29) is 5.91 Å². The summed E-state index contributed by atoms with van der Waals surface area (Å²) in [6.07, 6.45) is 0. The molecule has 118 valence electrons. The summed E-state index contributed by atoms with van der Waals surface area (Å²) in [5.41, 5.74) is 2.53. The van der Waals surface area contributed by atoms with E-state index in [1.54, 1.807) is 23.5 Å². The number of carbonyl (C=O) groups is 1. The number of thioether (sulfide) groups is 2. The number of rotatable bonds is 7. The van der Waals surface area contributed by atoms with Crippen LogP contribution in [0.5, 0.6) is 0 Å². The fourth-order valence-electron chi connectivity index (χ4n) is 1.69. The number of nitrogens with one attached hydrogen (secondary N) is 1. The van der Waals surface area contributed by atoms with Gasteiger partial charge >= 0.3 is 0 Å². The molecule has 0 aliphatic carbocycles. The molecule has 22 heavy (non-hydrogen) atoms. The normalized spacial score (nSPS) is 10.9. The maximum absolute atomic E-state index is 11.9. The van der Waals surface area contributed by atoms with Crippen molar-refractivity contribution in [2.45, 2.75) is 36.1 Å². The zero-order valence-corrected chi connectivity index (χ0v) is 15.3. The third-order valence-corrected chi connectivity index (χ3v) is 5.65. The topological polar surface area (TPSA) is 54.9 Å². The number of hydrogen-bond donors (Lipinski definition) is 1. The number of aryl methyl sites for hydroxylation is 1. The largest absolute Gasteiger partial charge is 0.300 e. The summed E-state index contributed by atoms with van der Waals surface area (Å²) >= 11 is 4.68. The number of nitrogens with zero attached hydrogens (tertiary/aromatic N) is 2. The fourth-order valence-corrected chi connectivity index (χ4v) is 4.59. The van der Waals surface area contributed by atoms with Gasteiger partial charge in [-0.15, -0.1) is 22.0 Å². The van der Waals surface area contributed by atoms with Crippen LogP contribution in [0.3, 0.4) is 0 Å². The Morgan fingerprint density at radius 1 is 1.32 bits per heavy atom. The molecule has 1 N–H and O–H groups in total. The molecule has 0 radical (unpaired) electrons. The van der Waals surface area contributed by atoms with Gasteiger partial charge in [0.25, 0.3) is 0 Å². The van der Waals surface area contributed by atoms with E-state index in [1.165, 1.54) is 22.5 Å². The van der Waals surface area contributed by atoms with Crippen LogP contribution in [-0.2, 0) is 10.5 Å². The smallest absolute Gasteiger partial charge is 0.236 e. The van der Waals surface area contributed by atoms with E-state index in [9.17, 15) is 4.79 Å². The molecular weight excluding hydrogens is 334 g/mol. The van der Waals surface area contributed by atoms with Gasteiger partial charge in [-0.3, -0.25) is 10.1 Å². The second kappa shape index (κ2) is 8.55. The van der Waals surface area contributed by atoms with E-state index < -0.39 is 0 Å². The lowest BCUT2D eigenvalue weighted by Gasteiger charge is -2.05. The lowest BCUT2D eigenvalue weighted by Crippen LogP contribution is -2.14. The Morgan fingerprint density at radius 3 is 2.82 bits per heavy atom. The Labute approximate surface area is 143 Å². The average Bonchev–Trinajstić information content (AvgIpc) is 2.87. The summed E-state index contributed by atoms with van der Waals surface area (Å²) < 4.78 is 0.887. The molecule has 0 spiro atoms. The van der Waals surface area contributed by atoms with Gasteiger partial charge in [0.05, 0.1) is 5.75 Å². The third-order valence-electron chi connectivity index (χ3n) is 2.74. The van der Waals surface area contributed by atoms with Crippen molar-refractivity contribution < 1.29 is 4.79 Å². The molecule has 0 fully saturated rings. The molecule has 0 saturated heterocycles. The number of hydrogen-bond acceptors (Lipinski definition) is 6. The van der Waals surface area contributed by atoms with Crippen LogP contribution in [0.1, 0.15) is 25.0 Å². The van der Waals surface area contributed by atoms with Crippen molar-refractivity contribution in [1.82, 2.24) is 10.2 Å². The number of aromatic nitrogens is 2. The highest BCUT2D eigenvalue weighted by atomic mass is 32.2. The summed E-state index contributed by atoms with van der Waals surface area (Å²) in [7, 11) is 0. The van der Waals surface area contributed by atoms with Gasteiger partial charge in [0.1, 0.15) is 0 Å². The van der Waals surface area contributed by atoms with E-state index in [0.717, 1.165) is 10.1 Å². The van der Waals surface area contributed by atoms with Gasteiger partial charge in [0.2, 0.25) is 11.0 Å². The van der Waals surface area contributed by atoms with Gasteiger partial charge in [-0.25, -0.2) is 0 Å². The molecule has 0 aliphatic heterocycles. The number of anilines is 1. The van der Waals surface area contributed by atoms with Crippen molar-refractivity contribution >= 4 is 45.9 Å². The third kappa shape index (κ3) is 5.62. The van der Waals surface area contributed by atoms with Crippen molar-refractivity contribution in [3.05, 3.63) is 35.4 Å². The molecular formula is C15H19N3OS3. The van der Waals surface area contributed by atoms with Crippen LogP contribution in [-0.4, -0.2) is 27.1 Å². The van der Waals surface area contributed by atoms with Crippen LogP contribution in [0.4, 0.5) is 5.13 Å². The molecule has 2 rings (SSSR count). The second-order valence-electron chi connectivity index (χ2n) is 5.01. The zero-order valence-electron chi connectivity index (χ0n) is 12.8. The van der Waals surface area contributed by atoms with E-state index in [0.29, 0.717) is 16.1 Å². The first-order chi connectivity index (χ1) is 10.5. The highest BCUT2D eigenvalue weighted by Gasteiger charge is 2.10.